The lowest BCUT2D eigenvalue weighted by molar-refractivity contribution is -0.116. The van der Waals surface area contributed by atoms with E-state index in [0.717, 1.165) is 10.8 Å². The Labute approximate surface area is 86.3 Å². The molecule has 0 aliphatic carbocycles. The number of rotatable bonds is 2. The van der Waals surface area contributed by atoms with Gasteiger partial charge in [-0.3, -0.25) is 10.2 Å². The van der Waals surface area contributed by atoms with Gasteiger partial charge in [0.05, 0.1) is 6.26 Å². The van der Waals surface area contributed by atoms with E-state index in [1.807, 2.05) is 29.7 Å². The van der Waals surface area contributed by atoms with Gasteiger partial charge >= 0.3 is 0 Å². The fourth-order valence-electron chi connectivity index (χ4n) is 1.34. The summed E-state index contributed by atoms with van der Waals surface area (Å²) >= 11 is 0. The predicted octanol–water partition coefficient (Wildman–Crippen LogP) is 1.44. The van der Waals surface area contributed by atoms with Gasteiger partial charge in [0.25, 0.3) is 5.91 Å². The summed E-state index contributed by atoms with van der Waals surface area (Å²) < 4.78 is 5.30. The van der Waals surface area contributed by atoms with Gasteiger partial charge in [-0.05, 0) is 6.08 Å². The quantitative estimate of drug-likeness (QED) is 0.335. The van der Waals surface area contributed by atoms with Gasteiger partial charge < -0.3 is 4.42 Å². The molecule has 0 spiro atoms. The Morgan fingerprint density at radius 3 is 3.00 bits per heavy atom. The van der Waals surface area contributed by atoms with Gasteiger partial charge in [0.2, 0.25) is 0 Å². The summed E-state index contributed by atoms with van der Waals surface area (Å²) in [6.45, 7) is 0. The fraction of sp³-hybridized carbons (Fsp3) is 0. The molecule has 2 aromatic rings. The average Bonchev–Trinajstić information content (AvgIpc) is 2.69. The Kier molecular flexibility index (Phi) is 2.51. The molecule has 0 atom stereocenters. The van der Waals surface area contributed by atoms with Gasteiger partial charge in [-0.2, -0.15) is 0 Å². The van der Waals surface area contributed by atoms with Crippen LogP contribution in [0.1, 0.15) is 5.76 Å². The summed E-state index contributed by atoms with van der Waals surface area (Å²) in [5, 5.41) is 1.98. The Morgan fingerprint density at radius 1 is 1.40 bits per heavy atom. The van der Waals surface area contributed by atoms with E-state index >= 15 is 0 Å². The first-order chi connectivity index (χ1) is 7.31. The van der Waals surface area contributed by atoms with Crippen molar-refractivity contribution in [3.05, 3.63) is 42.4 Å². The highest BCUT2D eigenvalue weighted by Gasteiger charge is 2.01. The van der Waals surface area contributed by atoms with Crippen molar-refractivity contribution in [2.75, 3.05) is 0 Å². The third-order valence-electron chi connectivity index (χ3n) is 2.07. The Hall–Kier alpha value is -2.07. The zero-order valence-electron chi connectivity index (χ0n) is 7.94. The number of nitrogens with two attached hydrogens (primary N) is 1. The first-order valence-electron chi connectivity index (χ1n) is 4.46. The number of hydrazine groups is 1. The molecule has 0 aliphatic heterocycles. The molecule has 0 radical (unpaired) electrons. The predicted molar refractivity (Wildman–Crippen MR) is 57.6 cm³/mol. The molecule has 1 aromatic heterocycles. The second-order valence-corrected chi connectivity index (χ2v) is 3.03. The van der Waals surface area contributed by atoms with Crippen molar-refractivity contribution in [3.8, 4) is 0 Å². The van der Waals surface area contributed by atoms with Crippen LogP contribution in [0.4, 0.5) is 0 Å². The Balaban J connectivity index is 2.36. The van der Waals surface area contributed by atoms with Crippen molar-refractivity contribution in [2.24, 2.45) is 5.84 Å². The van der Waals surface area contributed by atoms with Crippen molar-refractivity contribution < 1.29 is 9.21 Å². The maximum atomic E-state index is 10.9. The number of amides is 1. The highest BCUT2D eigenvalue weighted by Crippen LogP contribution is 2.21. The van der Waals surface area contributed by atoms with Crippen LogP contribution in [0.15, 0.2) is 41.0 Å². The molecule has 4 heteroatoms. The van der Waals surface area contributed by atoms with Gasteiger partial charge in [0.1, 0.15) is 5.76 Å². The smallest absolute Gasteiger partial charge is 0.258 e. The first-order valence-corrected chi connectivity index (χ1v) is 4.46. The first kappa shape index (κ1) is 9.48. The molecule has 1 amide bonds. The Morgan fingerprint density at radius 2 is 2.20 bits per heavy atom. The van der Waals surface area contributed by atoms with E-state index in [0.29, 0.717) is 5.76 Å². The third kappa shape index (κ3) is 1.89. The lowest BCUT2D eigenvalue weighted by atomic mass is 10.2. The van der Waals surface area contributed by atoms with E-state index in [9.17, 15) is 4.79 Å². The molecule has 1 aromatic carbocycles. The monoisotopic (exact) mass is 202 g/mol. The summed E-state index contributed by atoms with van der Waals surface area (Å²) in [5.74, 6) is 5.22. The highest BCUT2D eigenvalue weighted by molar-refractivity contribution is 5.95. The van der Waals surface area contributed by atoms with Crippen molar-refractivity contribution in [1.82, 2.24) is 5.43 Å². The molecule has 15 heavy (non-hydrogen) atoms. The van der Waals surface area contributed by atoms with Gasteiger partial charge in [0, 0.05) is 16.8 Å². The lowest BCUT2D eigenvalue weighted by Gasteiger charge is -1.90. The Bertz CT molecular complexity index is 514. The normalized spacial score (nSPS) is 11.0. The van der Waals surface area contributed by atoms with Crippen LogP contribution in [0.3, 0.4) is 0 Å². The van der Waals surface area contributed by atoms with Crippen molar-refractivity contribution >= 4 is 22.8 Å². The summed E-state index contributed by atoms with van der Waals surface area (Å²) in [6.07, 6.45) is 4.56. The number of hydrogen-bond acceptors (Lipinski definition) is 3. The second kappa shape index (κ2) is 3.98. The molecule has 0 saturated carbocycles. The zero-order valence-corrected chi connectivity index (χ0v) is 7.94. The molecule has 0 fully saturated rings. The fourth-order valence-corrected chi connectivity index (χ4v) is 1.34. The van der Waals surface area contributed by atoms with Gasteiger partial charge in [-0.1, -0.05) is 24.3 Å². The molecule has 0 bridgehead atoms. The van der Waals surface area contributed by atoms with Crippen molar-refractivity contribution in [3.63, 3.8) is 0 Å². The van der Waals surface area contributed by atoms with Gasteiger partial charge in [-0.15, -0.1) is 0 Å². The molecule has 1 heterocycles. The number of fused-ring (bicyclic) bond motifs is 1. The SMILES string of the molecule is NNC(=O)C=Cc1occ2ccccc12. The van der Waals surface area contributed by atoms with Crippen LogP contribution in [0.25, 0.3) is 16.8 Å². The number of furan rings is 1. The van der Waals surface area contributed by atoms with Crippen LogP contribution in [0.2, 0.25) is 0 Å². The maximum absolute atomic E-state index is 10.9. The summed E-state index contributed by atoms with van der Waals surface area (Å²) in [6, 6.07) is 7.72. The van der Waals surface area contributed by atoms with Crippen LogP contribution in [-0.2, 0) is 4.79 Å². The summed E-state index contributed by atoms with van der Waals surface area (Å²) in [4.78, 5) is 10.9. The second-order valence-electron chi connectivity index (χ2n) is 3.03. The van der Waals surface area contributed by atoms with E-state index < -0.39 is 0 Å². The number of benzene rings is 1. The topological polar surface area (TPSA) is 68.3 Å². The number of nitrogens with one attached hydrogen (secondary N) is 1. The van der Waals surface area contributed by atoms with Crippen molar-refractivity contribution in [2.45, 2.75) is 0 Å². The van der Waals surface area contributed by atoms with E-state index in [4.69, 9.17) is 10.3 Å². The lowest BCUT2D eigenvalue weighted by Crippen LogP contribution is -2.27. The van der Waals surface area contributed by atoms with Crippen LogP contribution in [0.5, 0.6) is 0 Å². The highest BCUT2D eigenvalue weighted by atomic mass is 16.3. The molecule has 3 N–H and O–H groups in total. The number of carbonyl (C=O) groups excluding carboxylic acids is 1. The average molecular weight is 202 g/mol. The molecule has 0 aliphatic rings. The van der Waals surface area contributed by atoms with Crippen LogP contribution >= 0.6 is 0 Å². The largest absolute Gasteiger partial charge is 0.464 e. The molecule has 4 nitrogen and oxygen atoms in total. The van der Waals surface area contributed by atoms with E-state index in [1.54, 1.807) is 12.3 Å². The zero-order chi connectivity index (χ0) is 10.7. The molecule has 0 unspecified atom stereocenters. The van der Waals surface area contributed by atoms with E-state index in [-0.39, 0.29) is 5.91 Å². The molecular weight excluding hydrogens is 192 g/mol. The van der Waals surface area contributed by atoms with Crippen LogP contribution in [0, 0.1) is 0 Å². The minimum absolute atomic E-state index is 0.365. The maximum Gasteiger partial charge on any atom is 0.258 e. The standard InChI is InChI=1S/C11H10N2O2/c12-13-11(14)6-5-10-9-4-2-1-3-8(9)7-15-10/h1-7H,12H2,(H,13,14). The van der Waals surface area contributed by atoms with Gasteiger partial charge in [-0.25, -0.2) is 5.84 Å². The number of hydrogen-bond donors (Lipinski definition) is 2. The summed E-state index contributed by atoms with van der Waals surface area (Å²) in [5.41, 5.74) is 2.01. The van der Waals surface area contributed by atoms with E-state index in [2.05, 4.69) is 0 Å². The summed E-state index contributed by atoms with van der Waals surface area (Å²) in [7, 11) is 0. The minimum atomic E-state index is -0.365. The number of carbonyl (C=O) groups is 1. The van der Waals surface area contributed by atoms with Crippen LogP contribution in [-0.4, -0.2) is 5.91 Å². The van der Waals surface area contributed by atoms with Crippen LogP contribution < -0.4 is 11.3 Å². The van der Waals surface area contributed by atoms with E-state index in [1.165, 1.54) is 6.08 Å². The molecule has 76 valence electrons. The molecule has 2 rings (SSSR count). The molecule has 0 saturated heterocycles. The third-order valence-corrected chi connectivity index (χ3v) is 2.07. The minimum Gasteiger partial charge on any atom is -0.464 e. The van der Waals surface area contributed by atoms with Gasteiger partial charge in [0.15, 0.2) is 0 Å². The van der Waals surface area contributed by atoms with Crippen molar-refractivity contribution in [1.29, 1.82) is 0 Å². The molecular formula is C11H10N2O2.